The van der Waals surface area contributed by atoms with Crippen molar-refractivity contribution in [1.29, 1.82) is 0 Å². The van der Waals surface area contributed by atoms with Gasteiger partial charge in [0.2, 0.25) is 5.91 Å². The fraction of sp³-hybridized carbons (Fsp3) is 0.471. The lowest BCUT2D eigenvalue weighted by Crippen LogP contribution is -2.37. The smallest absolute Gasteiger partial charge is 0.228 e. The lowest BCUT2D eigenvalue weighted by molar-refractivity contribution is -0.139. The van der Waals surface area contributed by atoms with Crippen LogP contribution >= 0.6 is 0 Å². The monoisotopic (exact) mass is 272 g/mol. The Balaban J connectivity index is 2.81. The van der Waals surface area contributed by atoms with Crippen LogP contribution in [0.15, 0.2) is 24.3 Å². The van der Waals surface area contributed by atoms with Crippen LogP contribution in [0.2, 0.25) is 0 Å². The number of benzene rings is 1. The molecule has 0 aliphatic rings. The molecule has 2 N–H and O–H groups in total. The number of carbonyl (C=O) groups excluding carboxylic acids is 1. The second-order valence-electron chi connectivity index (χ2n) is 5.60. The van der Waals surface area contributed by atoms with Crippen LogP contribution in [0, 0.1) is 17.3 Å². The van der Waals surface area contributed by atoms with Crippen molar-refractivity contribution in [3.63, 3.8) is 0 Å². The maximum atomic E-state index is 12.3. The average Bonchev–Trinajstić information content (AvgIpc) is 2.44. The first-order valence-electron chi connectivity index (χ1n) is 6.94. The zero-order valence-corrected chi connectivity index (χ0v) is 12.9. The molecule has 0 aromatic heterocycles. The molecule has 3 nitrogen and oxygen atoms in total. The lowest BCUT2D eigenvalue weighted by Gasteiger charge is -2.28. The molecule has 0 atom stereocenters. The summed E-state index contributed by atoms with van der Waals surface area (Å²) in [5.41, 5.74) is 7.07. The molecule has 0 radical (unpaired) electrons. The molecule has 0 heterocycles. The van der Waals surface area contributed by atoms with Crippen molar-refractivity contribution in [2.45, 2.75) is 33.7 Å². The maximum Gasteiger partial charge on any atom is 0.228 e. The van der Waals surface area contributed by atoms with E-state index in [1.807, 2.05) is 52.1 Å². The maximum absolute atomic E-state index is 12.3. The molecule has 0 spiro atoms. The second-order valence-corrected chi connectivity index (χ2v) is 5.60. The Kier molecular flexibility index (Phi) is 5.79. The van der Waals surface area contributed by atoms with Crippen LogP contribution in [0.3, 0.4) is 0 Å². The van der Waals surface area contributed by atoms with Crippen LogP contribution < -0.4 is 5.73 Å². The van der Waals surface area contributed by atoms with E-state index in [1.54, 1.807) is 4.90 Å². The molecule has 20 heavy (non-hydrogen) atoms. The Morgan fingerprint density at radius 1 is 1.40 bits per heavy atom. The van der Waals surface area contributed by atoms with Gasteiger partial charge < -0.3 is 10.6 Å². The second kappa shape index (κ2) is 7.12. The minimum Gasteiger partial charge on any atom is -0.341 e. The number of hydrogen-bond acceptors (Lipinski definition) is 2. The minimum atomic E-state index is -0.314. The van der Waals surface area contributed by atoms with Gasteiger partial charge in [-0.25, -0.2) is 0 Å². The Labute approximate surface area is 122 Å². The standard InChI is InChI=1S/C17H24N2O/c1-5-17(2,3)16(20)19(4)13-15-9-6-8-14(12-15)10-7-11-18/h6,8-9,12H,5,11,13,18H2,1-4H3. The van der Waals surface area contributed by atoms with Gasteiger partial charge in [0.1, 0.15) is 0 Å². The van der Waals surface area contributed by atoms with Gasteiger partial charge in [-0.05, 0) is 24.1 Å². The zero-order chi connectivity index (χ0) is 15.2. The van der Waals surface area contributed by atoms with Gasteiger partial charge in [0.15, 0.2) is 0 Å². The summed E-state index contributed by atoms with van der Waals surface area (Å²) >= 11 is 0. The minimum absolute atomic E-state index is 0.165. The molecule has 0 saturated carbocycles. The first-order chi connectivity index (χ1) is 9.40. The van der Waals surface area contributed by atoms with E-state index >= 15 is 0 Å². The molecule has 1 aromatic carbocycles. The lowest BCUT2D eigenvalue weighted by atomic mass is 9.88. The predicted octanol–water partition coefficient (Wildman–Crippen LogP) is 2.39. The Morgan fingerprint density at radius 3 is 2.70 bits per heavy atom. The summed E-state index contributed by atoms with van der Waals surface area (Å²) in [6, 6.07) is 7.92. The van der Waals surface area contributed by atoms with Crippen molar-refractivity contribution >= 4 is 5.91 Å². The number of nitrogens with two attached hydrogens (primary N) is 1. The van der Waals surface area contributed by atoms with Crippen LogP contribution in [-0.4, -0.2) is 24.4 Å². The van der Waals surface area contributed by atoms with E-state index in [9.17, 15) is 4.79 Å². The SMILES string of the molecule is CCC(C)(C)C(=O)N(C)Cc1cccc(C#CCN)c1. The first kappa shape index (κ1) is 16.3. The Morgan fingerprint density at radius 2 is 2.10 bits per heavy atom. The van der Waals surface area contributed by atoms with E-state index in [0.29, 0.717) is 13.1 Å². The average molecular weight is 272 g/mol. The third-order valence-corrected chi connectivity index (χ3v) is 3.49. The summed E-state index contributed by atoms with van der Waals surface area (Å²) in [4.78, 5) is 14.1. The molecular weight excluding hydrogens is 248 g/mol. The van der Waals surface area contributed by atoms with Gasteiger partial charge in [0.25, 0.3) is 0 Å². The molecule has 3 heteroatoms. The molecule has 108 valence electrons. The highest BCUT2D eigenvalue weighted by Gasteiger charge is 2.28. The number of amides is 1. The third kappa shape index (κ3) is 4.40. The molecule has 1 amide bonds. The predicted molar refractivity (Wildman–Crippen MR) is 82.9 cm³/mol. The van der Waals surface area contributed by atoms with E-state index in [1.165, 1.54) is 0 Å². The highest BCUT2D eigenvalue weighted by Crippen LogP contribution is 2.23. The topological polar surface area (TPSA) is 46.3 Å². The van der Waals surface area contributed by atoms with Gasteiger partial charge in [-0.3, -0.25) is 4.79 Å². The van der Waals surface area contributed by atoms with Crippen LogP contribution in [0.4, 0.5) is 0 Å². The normalized spacial score (nSPS) is 10.7. The largest absolute Gasteiger partial charge is 0.341 e. The van der Waals surface area contributed by atoms with Gasteiger partial charge in [-0.2, -0.15) is 0 Å². The highest BCUT2D eigenvalue weighted by atomic mass is 16.2. The molecule has 0 unspecified atom stereocenters. The molecular formula is C17H24N2O. The van der Waals surface area contributed by atoms with Gasteiger partial charge in [0.05, 0.1) is 6.54 Å². The van der Waals surface area contributed by atoms with E-state index in [2.05, 4.69) is 11.8 Å². The van der Waals surface area contributed by atoms with Crippen LogP contribution in [0.1, 0.15) is 38.3 Å². The number of nitrogens with zero attached hydrogens (tertiary/aromatic N) is 1. The third-order valence-electron chi connectivity index (χ3n) is 3.49. The van der Waals surface area contributed by atoms with Crippen molar-refractivity contribution in [2.24, 2.45) is 11.1 Å². The summed E-state index contributed by atoms with van der Waals surface area (Å²) < 4.78 is 0. The first-order valence-corrected chi connectivity index (χ1v) is 6.94. The van der Waals surface area contributed by atoms with Crippen molar-refractivity contribution in [1.82, 2.24) is 4.90 Å². The summed E-state index contributed by atoms with van der Waals surface area (Å²) in [5.74, 6) is 6.01. The van der Waals surface area contributed by atoms with Gasteiger partial charge in [0, 0.05) is 24.6 Å². The van der Waals surface area contributed by atoms with Crippen molar-refractivity contribution in [3.8, 4) is 11.8 Å². The summed E-state index contributed by atoms with van der Waals surface area (Å²) in [5, 5.41) is 0. The van der Waals surface area contributed by atoms with E-state index in [-0.39, 0.29) is 11.3 Å². The van der Waals surface area contributed by atoms with Gasteiger partial charge >= 0.3 is 0 Å². The summed E-state index contributed by atoms with van der Waals surface area (Å²) in [6.07, 6.45) is 0.832. The number of hydrogen-bond donors (Lipinski definition) is 1. The fourth-order valence-electron chi connectivity index (χ4n) is 1.91. The Bertz CT molecular complexity index is 523. The van der Waals surface area contributed by atoms with Crippen LogP contribution in [-0.2, 0) is 11.3 Å². The number of rotatable bonds is 4. The molecule has 0 saturated heterocycles. The van der Waals surface area contributed by atoms with E-state index in [0.717, 1.165) is 17.5 Å². The number of carbonyl (C=O) groups is 1. The quantitative estimate of drug-likeness (QED) is 0.855. The van der Waals surface area contributed by atoms with E-state index < -0.39 is 0 Å². The van der Waals surface area contributed by atoms with Gasteiger partial charge in [-0.1, -0.05) is 44.7 Å². The van der Waals surface area contributed by atoms with Crippen molar-refractivity contribution in [2.75, 3.05) is 13.6 Å². The zero-order valence-electron chi connectivity index (χ0n) is 12.9. The molecule has 1 aromatic rings. The van der Waals surface area contributed by atoms with Crippen molar-refractivity contribution < 1.29 is 4.79 Å². The van der Waals surface area contributed by atoms with E-state index in [4.69, 9.17) is 5.73 Å². The van der Waals surface area contributed by atoms with Crippen LogP contribution in [0.5, 0.6) is 0 Å². The summed E-state index contributed by atoms with van der Waals surface area (Å²) in [7, 11) is 1.85. The van der Waals surface area contributed by atoms with Crippen LogP contribution in [0.25, 0.3) is 0 Å². The van der Waals surface area contributed by atoms with Gasteiger partial charge in [-0.15, -0.1) is 0 Å². The Hall–Kier alpha value is -1.79. The molecule has 0 fully saturated rings. The molecule has 0 bridgehead atoms. The summed E-state index contributed by atoms with van der Waals surface area (Å²) in [6.45, 7) is 6.95. The molecule has 0 aliphatic heterocycles. The highest BCUT2D eigenvalue weighted by molar-refractivity contribution is 5.81. The fourth-order valence-corrected chi connectivity index (χ4v) is 1.91. The van der Waals surface area contributed by atoms with Crippen molar-refractivity contribution in [3.05, 3.63) is 35.4 Å². The molecule has 0 aliphatic carbocycles. The molecule has 1 rings (SSSR count).